The highest BCUT2D eigenvalue weighted by Gasteiger charge is 2.02. The topological polar surface area (TPSA) is 29.3 Å². The molecule has 0 fully saturated rings. The number of hydrogen-bond acceptors (Lipinski definition) is 2. The summed E-state index contributed by atoms with van der Waals surface area (Å²) in [6, 6.07) is 8.68. The maximum absolute atomic E-state index is 5.82. The normalized spacial score (nSPS) is 12.5. The van der Waals surface area contributed by atoms with Gasteiger partial charge in [0.05, 0.1) is 0 Å². The van der Waals surface area contributed by atoms with Gasteiger partial charge in [0.15, 0.2) is 0 Å². The second-order valence-corrected chi connectivity index (χ2v) is 4.51. The van der Waals surface area contributed by atoms with Crippen LogP contribution in [0.15, 0.2) is 24.3 Å². The minimum absolute atomic E-state index is 0.124. The molecule has 1 aromatic rings. The summed E-state index contributed by atoms with van der Waals surface area (Å²) < 4.78 is 0. The van der Waals surface area contributed by atoms with Gasteiger partial charge in [-0.2, -0.15) is 0 Å². The molecule has 1 rings (SSSR count). The molecule has 2 heteroatoms. The minimum Gasteiger partial charge on any atom is -0.375 e. The van der Waals surface area contributed by atoms with Crippen LogP contribution in [0.1, 0.15) is 44.7 Å². The van der Waals surface area contributed by atoms with Crippen molar-refractivity contribution in [1.82, 2.24) is 0 Å². The fourth-order valence-electron chi connectivity index (χ4n) is 1.76. The molecule has 16 heavy (non-hydrogen) atoms. The van der Waals surface area contributed by atoms with E-state index in [-0.39, 0.29) is 6.04 Å². The largest absolute Gasteiger partial charge is 0.375 e. The summed E-state index contributed by atoms with van der Waals surface area (Å²) >= 11 is 0. The Morgan fingerprint density at radius 1 is 1.19 bits per heavy atom. The lowest BCUT2D eigenvalue weighted by molar-refractivity contribution is 0.705. The lowest BCUT2D eigenvalue weighted by Gasteiger charge is -2.19. The van der Waals surface area contributed by atoms with Gasteiger partial charge in [-0.05, 0) is 31.0 Å². The molecule has 0 spiro atoms. The van der Waals surface area contributed by atoms with E-state index in [0.717, 1.165) is 6.54 Å². The standard InChI is InChI=1S/C14H24N2/c1-4-5-6-11-16(3)14-9-7-13(8-10-14)12(2)15/h7-10,12H,4-6,11,15H2,1-3H3. The molecule has 2 N–H and O–H groups in total. The first-order valence-electron chi connectivity index (χ1n) is 6.21. The fraction of sp³-hybridized carbons (Fsp3) is 0.571. The first-order valence-corrected chi connectivity index (χ1v) is 6.21. The number of rotatable bonds is 6. The number of nitrogens with two attached hydrogens (primary N) is 1. The number of nitrogens with zero attached hydrogens (tertiary/aromatic N) is 1. The van der Waals surface area contributed by atoms with Crippen molar-refractivity contribution in [2.45, 2.75) is 39.2 Å². The molecular weight excluding hydrogens is 196 g/mol. The Morgan fingerprint density at radius 3 is 2.31 bits per heavy atom. The average molecular weight is 220 g/mol. The monoisotopic (exact) mass is 220 g/mol. The second kappa shape index (κ2) is 6.54. The number of benzene rings is 1. The predicted molar refractivity (Wildman–Crippen MR) is 71.8 cm³/mol. The van der Waals surface area contributed by atoms with Gasteiger partial charge in [0, 0.05) is 25.3 Å². The van der Waals surface area contributed by atoms with Gasteiger partial charge < -0.3 is 10.6 Å². The van der Waals surface area contributed by atoms with Crippen LogP contribution in [0.4, 0.5) is 5.69 Å². The van der Waals surface area contributed by atoms with E-state index in [1.54, 1.807) is 0 Å². The molecule has 0 aliphatic rings. The van der Waals surface area contributed by atoms with Crippen molar-refractivity contribution >= 4 is 5.69 Å². The van der Waals surface area contributed by atoms with E-state index in [9.17, 15) is 0 Å². The fourth-order valence-corrected chi connectivity index (χ4v) is 1.76. The number of anilines is 1. The Bertz CT molecular complexity index is 290. The Labute approximate surface area is 99.5 Å². The molecule has 1 unspecified atom stereocenters. The third-order valence-corrected chi connectivity index (χ3v) is 2.96. The first-order chi connectivity index (χ1) is 7.65. The molecule has 1 aromatic carbocycles. The van der Waals surface area contributed by atoms with Gasteiger partial charge in [-0.15, -0.1) is 0 Å². The maximum atomic E-state index is 5.82. The van der Waals surface area contributed by atoms with Crippen LogP contribution < -0.4 is 10.6 Å². The van der Waals surface area contributed by atoms with E-state index in [1.165, 1.54) is 30.5 Å². The Hall–Kier alpha value is -1.02. The molecule has 0 radical (unpaired) electrons. The summed E-state index contributed by atoms with van der Waals surface area (Å²) in [5.41, 5.74) is 8.30. The van der Waals surface area contributed by atoms with Gasteiger partial charge in [0.2, 0.25) is 0 Å². The molecule has 90 valence electrons. The van der Waals surface area contributed by atoms with Crippen molar-refractivity contribution in [3.8, 4) is 0 Å². The summed E-state index contributed by atoms with van der Waals surface area (Å²) in [7, 11) is 2.15. The molecule has 0 amide bonds. The van der Waals surface area contributed by atoms with E-state index in [1.807, 2.05) is 6.92 Å². The van der Waals surface area contributed by atoms with Crippen LogP contribution in [0, 0.1) is 0 Å². The Kier molecular flexibility index (Phi) is 5.33. The lowest BCUT2D eigenvalue weighted by atomic mass is 10.1. The van der Waals surface area contributed by atoms with Crippen molar-refractivity contribution < 1.29 is 0 Å². The molecular formula is C14H24N2. The molecule has 0 aliphatic carbocycles. The third kappa shape index (κ3) is 3.86. The van der Waals surface area contributed by atoms with E-state index < -0.39 is 0 Å². The summed E-state index contributed by atoms with van der Waals surface area (Å²) in [5.74, 6) is 0. The second-order valence-electron chi connectivity index (χ2n) is 4.51. The van der Waals surface area contributed by atoms with E-state index in [4.69, 9.17) is 5.73 Å². The molecule has 1 atom stereocenters. The molecule has 0 aliphatic heterocycles. The lowest BCUT2D eigenvalue weighted by Crippen LogP contribution is -2.18. The SMILES string of the molecule is CCCCCN(C)c1ccc(C(C)N)cc1. The van der Waals surface area contributed by atoms with Crippen LogP contribution in [0.3, 0.4) is 0 Å². The Morgan fingerprint density at radius 2 is 1.81 bits per heavy atom. The zero-order valence-corrected chi connectivity index (χ0v) is 10.7. The average Bonchev–Trinajstić information content (AvgIpc) is 2.29. The van der Waals surface area contributed by atoms with Crippen LogP contribution in [0.2, 0.25) is 0 Å². The first kappa shape index (κ1) is 13.0. The molecule has 0 saturated carbocycles. The molecule has 0 heterocycles. The minimum atomic E-state index is 0.124. The highest BCUT2D eigenvalue weighted by atomic mass is 15.1. The van der Waals surface area contributed by atoms with Crippen molar-refractivity contribution in [1.29, 1.82) is 0 Å². The van der Waals surface area contributed by atoms with Gasteiger partial charge in [-0.3, -0.25) is 0 Å². The summed E-state index contributed by atoms with van der Waals surface area (Å²) in [5, 5.41) is 0. The molecule has 2 nitrogen and oxygen atoms in total. The highest BCUT2D eigenvalue weighted by molar-refractivity contribution is 5.47. The highest BCUT2D eigenvalue weighted by Crippen LogP contribution is 2.17. The molecule has 0 aromatic heterocycles. The Balaban J connectivity index is 2.52. The van der Waals surface area contributed by atoms with Crippen molar-refractivity contribution in [3.63, 3.8) is 0 Å². The zero-order chi connectivity index (χ0) is 12.0. The predicted octanol–water partition coefficient (Wildman–Crippen LogP) is 3.33. The van der Waals surface area contributed by atoms with Crippen molar-refractivity contribution in [2.24, 2.45) is 5.73 Å². The van der Waals surface area contributed by atoms with Gasteiger partial charge in [0.25, 0.3) is 0 Å². The van der Waals surface area contributed by atoms with Crippen LogP contribution in [-0.2, 0) is 0 Å². The van der Waals surface area contributed by atoms with Crippen molar-refractivity contribution in [3.05, 3.63) is 29.8 Å². The molecule has 0 bridgehead atoms. The maximum Gasteiger partial charge on any atom is 0.0363 e. The van der Waals surface area contributed by atoms with Crippen LogP contribution in [0.25, 0.3) is 0 Å². The van der Waals surface area contributed by atoms with E-state index in [2.05, 4.69) is 43.1 Å². The van der Waals surface area contributed by atoms with Gasteiger partial charge in [0.1, 0.15) is 0 Å². The number of hydrogen-bond donors (Lipinski definition) is 1. The number of unbranched alkanes of at least 4 members (excludes halogenated alkanes) is 2. The summed E-state index contributed by atoms with van der Waals surface area (Å²) in [6.07, 6.45) is 3.85. The van der Waals surface area contributed by atoms with Crippen LogP contribution >= 0.6 is 0 Å². The van der Waals surface area contributed by atoms with Crippen LogP contribution in [-0.4, -0.2) is 13.6 Å². The van der Waals surface area contributed by atoms with Gasteiger partial charge >= 0.3 is 0 Å². The summed E-state index contributed by atoms with van der Waals surface area (Å²) in [6.45, 7) is 5.38. The van der Waals surface area contributed by atoms with Gasteiger partial charge in [-0.25, -0.2) is 0 Å². The van der Waals surface area contributed by atoms with Crippen LogP contribution in [0.5, 0.6) is 0 Å². The summed E-state index contributed by atoms with van der Waals surface area (Å²) in [4.78, 5) is 2.31. The molecule has 0 saturated heterocycles. The van der Waals surface area contributed by atoms with E-state index in [0.29, 0.717) is 0 Å². The quantitative estimate of drug-likeness (QED) is 0.745. The van der Waals surface area contributed by atoms with E-state index >= 15 is 0 Å². The third-order valence-electron chi connectivity index (χ3n) is 2.96. The van der Waals surface area contributed by atoms with Crippen molar-refractivity contribution in [2.75, 3.05) is 18.5 Å². The smallest absolute Gasteiger partial charge is 0.0363 e. The van der Waals surface area contributed by atoms with Gasteiger partial charge in [-0.1, -0.05) is 31.9 Å². The zero-order valence-electron chi connectivity index (χ0n) is 10.7.